The van der Waals surface area contributed by atoms with E-state index in [-0.39, 0.29) is 22.2 Å². The van der Waals surface area contributed by atoms with Crippen LogP contribution in [0.5, 0.6) is 0 Å². The fourth-order valence-corrected chi connectivity index (χ4v) is 17.4. The topological polar surface area (TPSA) is 29.5 Å². The first kappa shape index (κ1) is 52.0. The van der Waals surface area contributed by atoms with Crippen LogP contribution in [0, 0.1) is 21.7 Å². The molecule has 4 aliphatic carbocycles. The van der Waals surface area contributed by atoms with E-state index >= 15 is 0 Å². The molecule has 0 N–H and O–H groups in total. The first-order valence-electron chi connectivity index (χ1n) is 26.7. The predicted octanol–water partition coefficient (Wildman–Crippen LogP) is 18.8. The summed E-state index contributed by atoms with van der Waals surface area (Å²) >= 11 is 9.81. The Labute approximate surface area is 455 Å². The highest BCUT2D eigenvalue weighted by atomic mass is 32.1. The quantitative estimate of drug-likeness (QED) is 0.0673. The highest BCUT2D eigenvalue weighted by molar-refractivity contribution is 7.30. The van der Waals surface area contributed by atoms with E-state index in [2.05, 4.69) is 177 Å². The van der Waals surface area contributed by atoms with E-state index in [9.17, 15) is 4.79 Å². The summed E-state index contributed by atoms with van der Waals surface area (Å²) in [5, 5.41) is 5.86. The molecule has 6 aromatic rings. The predicted molar refractivity (Wildman–Crippen MR) is 320 cm³/mol. The number of thiophene rings is 5. The third-order valence-corrected chi connectivity index (χ3v) is 22.5. The molecule has 0 saturated heterocycles. The van der Waals surface area contributed by atoms with Gasteiger partial charge >= 0.3 is 0 Å². The second-order valence-corrected chi connectivity index (χ2v) is 28.3. The average molecular weight is 1060 g/mol. The molecule has 380 valence electrons. The van der Waals surface area contributed by atoms with E-state index in [1.54, 1.807) is 25.3 Å². The van der Waals surface area contributed by atoms with Gasteiger partial charge in [-0.25, -0.2) is 5.06 Å². The Morgan fingerprint density at radius 1 is 0.575 bits per heavy atom. The largest absolute Gasteiger partial charge is 0.277 e. The van der Waals surface area contributed by atoms with E-state index in [1.807, 2.05) is 51.4 Å². The zero-order valence-corrected chi connectivity index (χ0v) is 49.3. The second-order valence-electron chi connectivity index (χ2n) is 23.0. The van der Waals surface area contributed by atoms with Crippen LogP contribution in [0.3, 0.4) is 0 Å². The lowest BCUT2D eigenvalue weighted by Gasteiger charge is -2.58. The molecular formula is C65H73NO2S5. The molecule has 0 aliphatic heterocycles. The third-order valence-electron chi connectivity index (χ3n) is 16.3. The zero-order chi connectivity index (χ0) is 51.6. The van der Waals surface area contributed by atoms with E-state index in [1.165, 1.54) is 145 Å². The van der Waals surface area contributed by atoms with Gasteiger partial charge in [0.05, 0.1) is 7.11 Å². The summed E-state index contributed by atoms with van der Waals surface area (Å²) in [5.41, 5.74) is 12.2. The average Bonchev–Trinajstić information content (AvgIpc) is 4.23. The standard InChI is InChI=1S/C65H73NO2S5/c1-13-15-17-19-22-45-46(23-20-18-16-14-2)60(73-59(45)57-31-29-54(71-57)53-24-21-33-69-53)58-32-30-56(72-58)55-28-27-52(70-55)48-36-43-35-41(62(3,4)5)37-50-47-34-40(61(67)66(11)68-12)25-26-44(47)49-38-42(63(6,7)8)39-51(48)65(49,10)64(43,50)9/h21,24-39H,13-20,22-23H2,1-12H3/t64-,65+/m0/s1. The van der Waals surface area contributed by atoms with Gasteiger partial charge < -0.3 is 0 Å². The molecule has 0 radical (unpaired) electrons. The summed E-state index contributed by atoms with van der Waals surface area (Å²) in [6.07, 6.45) is 25.0. The number of carbonyl (C=O) groups is 1. The van der Waals surface area contributed by atoms with E-state index in [0.717, 1.165) is 18.1 Å². The van der Waals surface area contributed by atoms with Crippen molar-refractivity contribution >= 4 is 79.3 Å². The molecule has 4 aliphatic rings. The molecule has 0 unspecified atom stereocenters. The first-order valence-corrected chi connectivity index (χ1v) is 30.9. The van der Waals surface area contributed by atoms with Crippen molar-refractivity contribution in [3.63, 3.8) is 0 Å². The minimum atomic E-state index is -0.395. The molecule has 2 atom stereocenters. The second kappa shape index (κ2) is 20.3. The SMILES string of the molecule is CCCCCCc1c(-c2ccc(-c3cccs3)s2)sc(-c2ccc(-c3ccc(C4=CC5=CC(C(C)(C)C)=CC6=c7cc(C(=O)N(C)OC)ccc7=C7C=C(C(C)(C)C)C=C4[C@]7(C)[C@@]56C)s3)s2)c1CCCCCC. The van der Waals surface area contributed by atoms with Crippen molar-refractivity contribution in [2.24, 2.45) is 21.7 Å². The number of fused-ring (bicyclic) bond motifs is 1. The lowest BCUT2D eigenvalue weighted by molar-refractivity contribution is -0.0757. The molecule has 0 bridgehead atoms. The van der Waals surface area contributed by atoms with Gasteiger partial charge in [0.1, 0.15) is 0 Å². The molecule has 1 aromatic carbocycles. The van der Waals surface area contributed by atoms with Crippen molar-refractivity contribution in [1.82, 2.24) is 5.06 Å². The smallest absolute Gasteiger partial charge is 0.274 e. The molecular weight excluding hydrogens is 987 g/mol. The maximum absolute atomic E-state index is 13.7. The molecule has 5 heterocycles. The van der Waals surface area contributed by atoms with Crippen molar-refractivity contribution in [2.45, 2.75) is 133 Å². The van der Waals surface area contributed by atoms with Crippen LogP contribution in [0.25, 0.3) is 55.7 Å². The summed E-state index contributed by atoms with van der Waals surface area (Å²) in [4.78, 5) is 31.7. The van der Waals surface area contributed by atoms with Gasteiger partial charge in [-0.05, 0) is 163 Å². The van der Waals surface area contributed by atoms with Gasteiger partial charge in [0.2, 0.25) is 0 Å². The molecule has 0 spiro atoms. The van der Waals surface area contributed by atoms with E-state index in [4.69, 9.17) is 4.84 Å². The minimum Gasteiger partial charge on any atom is -0.274 e. The van der Waals surface area contributed by atoms with E-state index < -0.39 is 5.41 Å². The van der Waals surface area contributed by atoms with E-state index in [0.29, 0.717) is 5.56 Å². The van der Waals surface area contributed by atoms with Crippen molar-refractivity contribution in [1.29, 1.82) is 0 Å². The number of allylic oxidation sites excluding steroid dienone is 10. The number of rotatable bonds is 17. The summed E-state index contributed by atoms with van der Waals surface area (Å²) in [6, 6.07) is 25.2. The van der Waals surface area contributed by atoms with Crippen LogP contribution in [0.4, 0.5) is 0 Å². The van der Waals surface area contributed by atoms with Gasteiger partial charge in [-0.15, -0.1) is 56.7 Å². The van der Waals surface area contributed by atoms with Crippen LogP contribution >= 0.6 is 56.7 Å². The van der Waals surface area contributed by atoms with Gasteiger partial charge in [0.25, 0.3) is 5.91 Å². The van der Waals surface area contributed by atoms with Gasteiger partial charge in [-0.2, -0.15) is 0 Å². The minimum absolute atomic E-state index is 0.0910. The molecule has 8 heteroatoms. The number of amides is 1. The highest BCUT2D eigenvalue weighted by Crippen LogP contribution is 2.69. The molecule has 1 amide bonds. The van der Waals surface area contributed by atoms with Crippen LogP contribution < -0.4 is 10.4 Å². The normalized spacial score (nSPS) is 19.3. The molecule has 5 aromatic heterocycles. The molecule has 0 fully saturated rings. The number of benzene rings is 1. The van der Waals surface area contributed by atoms with Crippen LogP contribution in [-0.4, -0.2) is 25.1 Å². The Morgan fingerprint density at radius 3 is 1.66 bits per heavy atom. The fourth-order valence-electron chi connectivity index (χ4n) is 11.7. The van der Waals surface area contributed by atoms with Crippen molar-refractivity contribution in [3.8, 4) is 39.0 Å². The Morgan fingerprint density at radius 2 is 1.11 bits per heavy atom. The maximum atomic E-state index is 13.7. The van der Waals surface area contributed by atoms with Gasteiger partial charge in [0.15, 0.2) is 0 Å². The lowest BCUT2D eigenvalue weighted by atomic mass is 9.44. The number of carbonyl (C=O) groups excluding carboxylic acids is 1. The third kappa shape index (κ3) is 9.22. The monoisotopic (exact) mass is 1060 g/mol. The van der Waals surface area contributed by atoms with Crippen molar-refractivity contribution in [2.75, 3.05) is 14.2 Å². The Balaban J connectivity index is 1.10. The van der Waals surface area contributed by atoms with Crippen molar-refractivity contribution < 1.29 is 9.63 Å². The maximum Gasteiger partial charge on any atom is 0.277 e. The number of unbranched alkanes of at least 4 members (excludes halogenated alkanes) is 6. The fraction of sp³-hybridized carbons (Fsp3) is 0.400. The summed E-state index contributed by atoms with van der Waals surface area (Å²) < 4.78 is 0. The summed E-state index contributed by atoms with van der Waals surface area (Å²) in [6.45, 7) is 23.6. The molecule has 3 nitrogen and oxygen atoms in total. The van der Waals surface area contributed by atoms with Gasteiger partial charge in [0, 0.05) is 67.3 Å². The zero-order valence-electron chi connectivity index (χ0n) is 45.2. The van der Waals surface area contributed by atoms with Crippen LogP contribution in [-0.2, 0) is 17.7 Å². The van der Waals surface area contributed by atoms with Crippen molar-refractivity contribution in [3.05, 3.63) is 157 Å². The highest BCUT2D eigenvalue weighted by Gasteiger charge is 2.59. The van der Waals surface area contributed by atoms with Crippen LogP contribution in [0.1, 0.15) is 147 Å². The summed E-state index contributed by atoms with van der Waals surface area (Å²) in [5.74, 6) is -0.152. The Hall–Kier alpha value is -4.41. The number of hydrogen-bond donors (Lipinski definition) is 0. The lowest BCUT2D eigenvalue weighted by Crippen LogP contribution is -2.55. The number of hydrogen-bond acceptors (Lipinski definition) is 7. The summed E-state index contributed by atoms with van der Waals surface area (Å²) in [7, 11) is 3.23. The number of nitrogens with zero attached hydrogens (tertiary/aromatic N) is 1. The number of hydroxylamine groups is 2. The Kier molecular flexibility index (Phi) is 14.5. The van der Waals surface area contributed by atoms with Crippen LogP contribution in [0.15, 0.2) is 125 Å². The van der Waals surface area contributed by atoms with Crippen LogP contribution in [0.2, 0.25) is 0 Å². The molecule has 10 rings (SSSR count). The van der Waals surface area contributed by atoms with Gasteiger partial charge in [-0.1, -0.05) is 144 Å². The van der Waals surface area contributed by atoms with Gasteiger partial charge in [-0.3, -0.25) is 9.63 Å². The molecule has 73 heavy (non-hydrogen) atoms. The first-order chi connectivity index (χ1) is 34.9. The molecule has 0 saturated carbocycles. The Bertz CT molecular complexity index is 3390.